The van der Waals surface area contributed by atoms with Gasteiger partial charge in [-0.2, -0.15) is 0 Å². The first-order chi connectivity index (χ1) is 52.2. The number of nitrogens with two attached hydrogens (primary N) is 1. The Morgan fingerprint density at radius 1 is 0.454 bits per heavy atom. The Bertz CT molecular complexity index is 3920. The van der Waals surface area contributed by atoms with E-state index in [1.54, 1.807) is 6.07 Å². The molecule has 0 saturated heterocycles. The second kappa shape index (κ2) is 39.4. The lowest BCUT2D eigenvalue weighted by atomic mass is 9.59. The number of nitro groups is 1. The number of nitrogens with zero attached hydrogens (tertiary/aromatic N) is 3. The summed E-state index contributed by atoms with van der Waals surface area (Å²) < 4.78 is 33.8. The van der Waals surface area contributed by atoms with Crippen LogP contribution in [0.3, 0.4) is 0 Å². The van der Waals surface area contributed by atoms with E-state index in [4.69, 9.17) is 34.2 Å². The summed E-state index contributed by atoms with van der Waals surface area (Å²) in [5, 5.41) is 17.3. The molecule has 6 aliphatic rings. The first-order valence-corrected chi connectivity index (χ1v) is 40.4. The number of fused-ring (bicyclic) bond motifs is 12. The fraction of sp³-hybridized carbons (Fsp3) is 0.539. The highest BCUT2D eigenvalue weighted by Crippen LogP contribution is 2.51. The van der Waals surface area contributed by atoms with Crippen molar-refractivity contribution in [1.82, 2.24) is 20.4 Å². The average molecular weight is 1480 g/mol. The number of nitrogens with one attached hydrogen (secondary N) is 2. The molecule has 3 saturated carbocycles. The van der Waals surface area contributed by atoms with E-state index in [1.807, 2.05) is 94.7 Å². The summed E-state index contributed by atoms with van der Waals surface area (Å²) in [7, 11) is 0. The Morgan fingerprint density at radius 3 is 1.20 bits per heavy atom. The molecule has 12 rings (SSSR count). The number of ether oxygens (including phenoxy) is 6. The maximum absolute atomic E-state index is 13.1. The van der Waals surface area contributed by atoms with Crippen LogP contribution in [-0.2, 0) is 58.2 Å². The lowest BCUT2D eigenvalue weighted by Gasteiger charge is -2.49. The van der Waals surface area contributed by atoms with Crippen LogP contribution in [0.25, 0.3) is 0 Å². The van der Waals surface area contributed by atoms with Crippen molar-refractivity contribution in [3.8, 4) is 23.0 Å². The molecule has 3 fully saturated rings. The molecule has 19 heteroatoms. The molecule has 6 aliphatic carbocycles. The van der Waals surface area contributed by atoms with Crippen LogP contribution in [-0.4, -0.2) is 89.6 Å². The third kappa shape index (κ3) is 21.3. The fourth-order valence-corrected chi connectivity index (χ4v) is 17.7. The Labute approximate surface area is 640 Å². The van der Waals surface area contributed by atoms with Crippen LogP contribution in [0.15, 0.2) is 140 Å². The molecule has 19 nitrogen and oxygen atoms in total. The van der Waals surface area contributed by atoms with Gasteiger partial charge in [0.2, 0.25) is 0 Å². The smallest absolute Gasteiger partial charge is 0.445 e. The van der Waals surface area contributed by atoms with Gasteiger partial charge in [-0.05, 0) is 194 Å². The van der Waals surface area contributed by atoms with Gasteiger partial charge in [0, 0.05) is 72.7 Å². The number of rotatable bonds is 23. The first-order valence-electron chi connectivity index (χ1n) is 40.4. The van der Waals surface area contributed by atoms with Crippen molar-refractivity contribution in [2.24, 2.45) is 23.5 Å². The third-order valence-corrected chi connectivity index (χ3v) is 23.9. The van der Waals surface area contributed by atoms with Crippen LogP contribution in [0.2, 0.25) is 0 Å². The molecule has 9 atom stereocenters. The monoisotopic (exact) mass is 1480 g/mol. The Balaban J connectivity index is 0.000000175. The third-order valence-electron chi connectivity index (χ3n) is 23.9. The van der Waals surface area contributed by atoms with Gasteiger partial charge < -0.3 is 54.6 Å². The number of alkyl carbamates (subject to hydrolysis) is 2. The normalized spacial score (nSPS) is 23.0. The molecule has 6 aromatic rings. The van der Waals surface area contributed by atoms with Gasteiger partial charge >= 0.3 is 30.5 Å². The topological polar surface area (TPSA) is 240 Å². The molecule has 0 spiro atoms. The summed E-state index contributed by atoms with van der Waals surface area (Å²) in [5.74, 6) is 2.91. The second-order valence-corrected chi connectivity index (χ2v) is 31.6. The van der Waals surface area contributed by atoms with Crippen LogP contribution in [0.1, 0.15) is 241 Å². The molecule has 0 aliphatic heterocycles. The van der Waals surface area contributed by atoms with E-state index in [0.29, 0.717) is 29.1 Å². The summed E-state index contributed by atoms with van der Waals surface area (Å²) in [5.41, 5.74) is 15.3. The molecule has 0 heterocycles. The molecule has 4 N–H and O–H groups in total. The fourth-order valence-electron chi connectivity index (χ4n) is 17.7. The molecular formula is C89H118N6O13. The van der Waals surface area contributed by atoms with Gasteiger partial charge in [-0.15, -0.1) is 0 Å². The minimum Gasteiger partial charge on any atom is -0.445 e. The predicted molar refractivity (Wildman–Crippen MR) is 422 cm³/mol. The Hall–Kier alpha value is -8.97. The van der Waals surface area contributed by atoms with E-state index >= 15 is 0 Å². The van der Waals surface area contributed by atoms with Crippen LogP contribution >= 0.6 is 0 Å². The Kier molecular flexibility index (Phi) is 29.8. The maximum atomic E-state index is 13.1. The predicted octanol–water partition coefficient (Wildman–Crippen LogP) is 20.4. The molecule has 0 aromatic heterocycles. The molecule has 6 aromatic carbocycles. The van der Waals surface area contributed by atoms with Crippen molar-refractivity contribution in [3.05, 3.63) is 194 Å². The number of hydrogen-bond donors (Lipinski definition) is 3. The molecule has 0 unspecified atom stereocenters. The summed E-state index contributed by atoms with van der Waals surface area (Å²) in [6.07, 6.45) is 25.6. The lowest BCUT2D eigenvalue weighted by molar-refractivity contribution is -0.384. The van der Waals surface area contributed by atoms with Crippen molar-refractivity contribution in [3.63, 3.8) is 0 Å². The molecular weight excluding hydrogens is 1360 g/mol. The van der Waals surface area contributed by atoms with Gasteiger partial charge in [0.25, 0.3) is 5.69 Å². The van der Waals surface area contributed by atoms with Crippen LogP contribution < -0.4 is 35.3 Å². The second-order valence-electron chi connectivity index (χ2n) is 31.6. The summed E-state index contributed by atoms with van der Waals surface area (Å²) in [6.45, 7) is 18.8. The summed E-state index contributed by atoms with van der Waals surface area (Å²) in [4.78, 5) is 78.5. The minimum atomic E-state index is -0.940. The molecule has 582 valence electrons. The van der Waals surface area contributed by atoms with Gasteiger partial charge in [-0.25, -0.2) is 24.0 Å². The van der Waals surface area contributed by atoms with E-state index in [9.17, 15) is 34.1 Å². The zero-order valence-corrected chi connectivity index (χ0v) is 65.1. The van der Waals surface area contributed by atoms with Crippen LogP contribution in [0, 0.1) is 27.9 Å². The summed E-state index contributed by atoms with van der Waals surface area (Å²) >= 11 is 0. The van der Waals surface area contributed by atoms with E-state index in [-0.39, 0.29) is 83.2 Å². The number of nitro benzene ring substituents is 1. The number of carbonyl (C=O) groups excluding carboxylic acids is 5. The number of carbonyl (C=O) groups is 5. The van der Waals surface area contributed by atoms with Crippen molar-refractivity contribution in [2.45, 2.75) is 263 Å². The first kappa shape index (κ1) is 81.5. The zero-order chi connectivity index (χ0) is 76.6. The van der Waals surface area contributed by atoms with E-state index in [0.717, 1.165) is 171 Å². The standard InChI is InChI=1S/C33H46N2O4.C31H32N2O7.C25H40N2O2/c1-4-6-20-35(21-7-5-2)32(37)39-28-18-17-26-22-27-16-12-9-13-19-33(3,29(26)23-28)30(27)34-31(36)38-24-25-14-10-8-11-15-25;1-31-17-7-3-6-10-23(28(31)32-29(34)38-20-21-8-4-2-5-9-21)18-22-11-14-26(19-27(22)31)40-30(35)39-25-15-12-24(13-16-25)33(36)37;1-4-6-15-27(16-7-5-2)24(28)29-21-13-12-19-17-20-11-9-8-10-14-25(3,23(20)26)22(19)18-21/h8,10-11,14-15,17-18,23,27,30H,4-7,9,12-13,16,19-22,24H2,1-3H3,(H,34,36);2,4-5,8-9,11-16,19,23,28H,3,6-7,10,17-18,20H2,1H3,(H,32,34);12-13,18,20,23H,4-11,14-17,26H2,1-3H3/t27-,30-,33+;23-,28-,31+;20-,23-,25+/m000/s1. The number of unbranched alkanes of at least 4 members (excludes halogenated alkanes) is 4. The largest absolute Gasteiger partial charge is 0.519 e. The van der Waals surface area contributed by atoms with E-state index in [1.165, 1.54) is 90.6 Å². The van der Waals surface area contributed by atoms with Crippen molar-refractivity contribution in [2.75, 3.05) is 26.2 Å². The highest BCUT2D eigenvalue weighted by molar-refractivity contribution is 5.73. The van der Waals surface area contributed by atoms with Crippen molar-refractivity contribution in [1.29, 1.82) is 0 Å². The van der Waals surface area contributed by atoms with Gasteiger partial charge in [-0.1, -0.05) is 211 Å². The summed E-state index contributed by atoms with van der Waals surface area (Å²) in [6, 6.07) is 42.6. The molecule has 6 bridgehead atoms. The molecule has 4 amide bonds. The average Bonchev–Trinajstić information content (AvgIpc) is 0.758. The Morgan fingerprint density at radius 2 is 0.806 bits per heavy atom. The highest BCUT2D eigenvalue weighted by atomic mass is 16.7. The number of hydrogen-bond acceptors (Lipinski definition) is 14. The van der Waals surface area contributed by atoms with Gasteiger partial charge in [-0.3, -0.25) is 10.1 Å². The highest BCUT2D eigenvalue weighted by Gasteiger charge is 2.49. The van der Waals surface area contributed by atoms with Crippen molar-refractivity contribution >= 4 is 36.2 Å². The van der Waals surface area contributed by atoms with Crippen LogP contribution in [0.5, 0.6) is 23.0 Å². The SMILES string of the molecule is CCCCN(CCCC)C(=O)Oc1ccc2c(c1)[C@@]1(C)CCCCC[C@@H](C2)[C@@H]1N.CCCCN(CCCC)C(=O)Oc1ccc2c(c1)[C@@]1(C)CCCCC[C@@H](C2)[C@@H]1NC(=O)OCc1ccccc1.C[C@@]12CCCCC[C@@H](Cc3ccc(OC(=O)Oc4ccc([N+](=O)[O-])cc4)cc31)[C@@H]2NC(=O)OCc1ccccc1. The maximum Gasteiger partial charge on any atom is 0.519 e. The van der Waals surface area contributed by atoms with Gasteiger partial charge in [0.1, 0.15) is 36.2 Å². The van der Waals surface area contributed by atoms with E-state index < -0.39 is 17.2 Å². The number of benzene rings is 6. The van der Waals surface area contributed by atoms with Gasteiger partial charge in [0.15, 0.2) is 0 Å². The number of non-ortho nitro benzene ring substituents is 1. The quantitative estimate of drug-likeness (QED) is 0.0234. The minimum absolute atomic E-state index is 0.0226. The van der Waals surface area contributed by atoms with Crippen molar-refractivity contribution < 1.29 is 57.3 Å². The molecule has 0 radical (unpaired) electrons. The number of amides is 4. The van der Waals surface area contributed by atoms with Gasteiger partial charge in [0.05, 0.1) is 4.92 Å². The zero-order valence-electron chi connectivity index (χ0n) is 65.1. The van der Waals surface area contributed by atoms with Crippen LogP contribution in [0.4, 0.5) is 29.7 Å². The molecule has 108 heavy (non-hydrogen) atoms. The van der Waals surface area contributed by atoms with E-state index in [2.05, 4.69) is 83.4 Å². The lowest BCUT2D eigenvalue weighted by Crippen LogP contribution is -2.57.